The second kappa shape index (κ2) is 9.69. The number of piperidine rings is 1. The average Bonchev–Trinajstić information content (AvgIpc) is 2.73. The van der Waals surface area contributed by atoms with E-state index in [0.717, 1.165) is 12.1 Å². The number of ether oxygens (including phenoxy) is 1. The molecule has 1 aliphatic rings. The van der Waals surface area contributed by atoms with E-state index < -0.39 is 39.4 Å². The molecule has 6 nitrogen and oxygen atoms in total. The summed E-state index contributed by atoms with van der Waals surface area (Å²) in [5.74, 6) is -3.14. The van der Waals surface area contributed by atoms with E-state index in [1.165, 1.54) is 28.6 Å². The van der Waals surface area contributed by atoms with E-state index in [2.05, 4.69) is 5.32 Å². The van der Waals surface area contributed by atoms with E-state index in [4.69, 9.17) is 4.74 Å². The number of sulfonamides is 1. The van der Waals surface area contributed by atoms with Crippen LogP contribution in [0.2, 0.25) is 0 Å². The summed E-state index contributed by atoms with van der Waals surface area (Å²) >= 11 is 0. The Morgan fingerprint density at radius 1 is 1.13 bits per heavy atom. The summed E-state index contributed by atoms with van der Waals surface area (Å²) in [5.41, 5.74) is 0. The fourth-order valence-corrected chi connectivity index (χ4v) is 4.90. The second-order valence-corrected chi connectivity index (χ2v) is 9.31. The first kappa shape index (κ1) is 23.1. The van der Waals surface area contributed by atoms with Crippen LogP contribution in [0.5, 0.6) is 5.75 Å². The Kier molecular flexibility index (Phi) is 7.22. The van der Waals surface area contributed by atoms with Crippen molar-refractivity contribution >= 4 is 15.9 Å². The molecule has 1 amide bonds. The van der Waals surface area contributed by atoms with Crippen LogP contribution in [0.15, 0.2) is 47.4 Å². The summed E-state index contributed by atoms with van der Waals surface area (Å²) in [7, 11) is -3.97. The van der Waals surface area contributed by atoms with Crippen molar-refractivity contribution in [1.29, 1.82) is 0 Å². The summed E-state index contributed by atoms with van der Waals surface area (Å²) in [6, 6.07) is 7.69. The van der Waals surface area contributed by atoms with Gasteiger partial charge in [-0.05, 0) is 44.0 Å². The van der Waals surface area contributed by atoms with Crippen molar-refractivity contribution in [1.82, 2.24) is 9.62 Å². The standard InChI is InChI=1S/C21H23F3N2O4S/c1-14(13-30-19-7-6-16(22)12-18(19)24)25-21(27)15-8-10-26(11-9-15)31(28,29)20-5-3-2-4-17(20)23/h2-7,12,14-15H,8-11,13H2,1H3,(H,25,27). The highest BCUT2D eigenvalue weighted by Crippen LogP contribution is 2.25. The minimum absolute atomic E-state index is 0.0190. The molecule has 0 aromatic heterocycles. The maximum Gasteiger partial charge on any atom is 0.245 e. The first-order valence-corrected chi connectivity index (χ1v) is 11.3. The van der Waals surface area contributed by atoms with Crippen molar-refractivity contribution in [2.45, 2.75) is 30.7 Å². The van der Waals surface area contributed by atoms with Gasteiger partial charge in [-0.25, -0.2) is 21.6 Å². The van der Waals surface area contributed by atoms with Gasteiger partial charge in [-0.1, -0.05) is 12.1 Å². The molecule has 1 N–H and O–H groups in total. The molecule has 0 saturated carbocycles. The van der Waals surface area contributed by atoms with Gasteiger partial charge < -0.3 is 10.1 Å². The summed E-state index contributed by atoms with van der Waals surface area (Å²) in [4.78, 5) is 12.1. The van der Waals surface area contributed by atoms with Crippen LogP contribution >= 0.6 is 0 Å². The number of benzene rings is 2. The first-order chi connectivity index (χ1) is 14.7. The van der Waals surface area contributed by atoms with Crippen LogP contribution in [0, 0.1) is 23.4 Å². The fraction of sp³-hybridized carbons (Fsp3) is 0.381. The summed E-state index contributed by atoms with van der Waals surface area (Å²) in [5, 5.41) is 2.76. The number of hydrogen-bond donors (Lipinski definition) is 1. The number of carbonyl (C=O) groups is 1. The molecule has 1 fully saturated rings. The summed E-state index contributed by atoms with van der Waals surface area (Å²) < 4.78 is 72.2. The zero-order chi connectivity index (χ0) is 22.6. The highest BCUT2D eigenvalue weighted by molar-refractivity contribution is 7.89. The molecule has 0 bridgehead atoms. The van der Waals surface area contributed by atoms with Crippen LogP contribution < -0.4 is 10.1 Å². The maximum atomic E-state index is 13.9. The Balaban J connectivity index is 1.50. The molecule has 1 atom stereocenters. The molecule has 1 heterocycles. The number of carbonyl (C=O) groups excluding carboxylic acids is 1. The monoisotopic (exact) mass is 456 g/mol. The topological polar surface area (TPSA) is 75.7 Å². The van der Waals surface area contributed by atoms with Gasteiger partial charge in [-0.3, -0.25) is 4.79 Å². The first-order valence-electron chi connectivity index (χ1n) is 9.81. The molecule has 31 heavy (non-hydrogen) atoms. The van der Waals surface area contributed by atoms with Gasteiger partial charge in [0.1, 0.15) is 23.1 Å². The Hall–Kier alpha value is -2.59. The molecule has 2 aromatic carbocycles. The molecule has 168 valence electrons. The lowest BCUT2D eigenvalue weighted by Crippen LogP contribution is -2.46. The average molecular weight is 456 g/mol. The number of nitrogens with one attached hydrogen (secondary N) is 1. The van der Waals surface area contributed by atoms with Crippen molar-refractivity contribution in [3.05, 3.63) is 59.9 Å². The van der Waals surface area contributed by atoms with E-state index >= 15 is 0 Å². The summed E-state index contributed by atoms with van der Waals surface area (Å²) in [6.07, 6.45) is 0.583. The lowest BCUT2D eigenvalue weighted by Gasteiger charge is -2.31. The Morgan fingerprint density at radius 3 is 2.45 bits per heavy atom. The van der Waals surface area contributed by atoms with Crippen LogP contribution in [0.3, 0.4) is 0 Å². The lowest BCUT2D eigenvalue weighted by molar-refractivity contribution is -0.126. The van der Waals surface area contributed by atoms with Crippen LogP contribution in [0.4, 0.5) is 13.2 Å². The molecule has 0 radical (unpaired) electrons. The summed E-state index contributed by atoms with van der Waals surface area (Å²) in [6.45, 7) is 1.85. The Bertz CT molecular complexity index is 1040. The third kappa shape index (κ3) is 5.56. The van der Waals surface area contributed by atoms with Gasteiger partial charge >= 0.3 is 0 Å². The van der Waals surface area contributed by atoms with Crippen LogP contribution in [-0.2, 0) is 14.8 Å². The van der Waals surface area contributed by atoms with Gasteiger partial charge in [-0.15, -0.1) is 0 Å². The Labute approximate surface area is 179 Å². The number of nitrogens with zero attached hydrogens (tertiary/aromatic N) is 1. The molecular weight excluding hydrogens is 433 g/mol. The largest absolute Gasteiger partial charge is 0.488 e. The maximum absolute atomic E-state index is 13.9. The van der Waals surface area contributed by atoms with Gasteiger partial charge in [0.15, 0.2) is 11.6 Å². The third-order valence-corrected chi connectivity index (χ3v) is 6.98. The Morgan fingerprint density at radius 2 is 1.81 bits per heavy atom. The van der Waals surface area contributed by atoms with Crippen molar-refractivity contribution < 1.29 is 31.1 Å². The minimum atomic E-state index is -3.97. The molecule has 2 aromatic rings. The molecule has 0 aliphatic carbocycles. The molecule has 1 aliphatic heterocycles. The zero-order valence-corrected chi connectivity index (χ0v) is 17.7. The number of hydrogen-bond acceptors (Lipinski definition) is 4. The van der Waals surface area contributed by atoms with Crippen LogP contribution in [0.25, 0.3) is 0 Å². The van der Waals surface area contributed by atoms with Crippen molar-refractivity contribution in [2.75, 3.05) is 19.7 Å². The molecular formula is C21H23F3N2O4S. The smallest absolute Gasteiger partial charge is 0.245 e. The van der Waals surface area contributed by atoms with E-state index in [0.29, 0.717) is 18.9 Å². The number of rotatable bonds is 7. The van der Waals surface area contributed by atoms with Crippen LogP contribution in [-0.4, -0.2) is 44.4 Å². The van der Waals surface area contributed by atoms with Gasteiger partial charge in [0.2, 0.25) is 15.9 Å². The van der Waals surface area contributed by atoms with Gasteiger partial charge in [0.25, 0.3) is 0 Å². The normalized spacial score (nSPS) is 16.6. The zero-order valence-electron chi connectivity index (χ0n) is 16.9. The van der Waals surface area contributed by atoms with Crippen molar-refractivity contribution in [3.8, 4) is 5.75 Å². The van der Waals surface area contributed by atoms with E-state index in [9.17, 15) is 26.4 Å². The minimum Gasteiger partial charge on any atom is -0.488 e. The lowest BCUT2D eigenvalue weighted by atomic mass is 9.97. The molecule has 0 spiro atoms. The highest BCUT2D eigenvalue weighted by atomic mass is 32.2. The highest BCUT2D eigenvalue weighted by Gasteiger charge is 2.33. The predicted octanol–water partition coefficient (Wildman–Crippen LogP) is 3.09. The van der Waals surface area contributed by atoms with Crippen LogP contribution in [0.1, 0.15) is 19.8 Å². The van der Waals surface area contributed by atoms with Crippen molar-refractivity contribution in [2.24, 2.45) is 5.92 Å². The van der Waals surface area contributed by atoms with Crippen molar-refractivity contribution in [3.63, 3.8) is 0 Å². The SMILES string of the molecule is CC(COc1ccc(F)cc1F)NC(=O)C1CCN(S(=O)(=O)c2ccccc2F)CC1. The number of amides is 1. The van der Waals surface area contributed by atoms with E-state index in [-0.39, 0.29) is 36.2 Å². The molecule has 1 saturated heterocycles. The van der Waals surface area contributed by atoms with E-state index in [1.54, 1.807) is 6.92 Å². The molecule has 10 heteroatoms. The third-order valence-electron chi connectivity index (χ3n) is 5.05. The van der Waals surface area contributed by atoms with E-state index in [1.807, 2.05) is 0 Å². The predicted molar refractivity (Wildman–Crippen MR) is 107 cm³/mol. The van der Waals surface area contributed by atoms with Gasteiger partial charge in [0, 0.05) is 25.1 Å². The fourth-order valence-electron chi connectivity index (χ4n) is 3.36. The van der Waals surface area contributed by atoms with Gasteiger partial charge in [-0.2, -0.15) is 4.31 Å². The quantitative estimate of drug-likeness (QED) is 0.695. The second-order valence-electron chi connectivity index (χ2n) is 7.40. The van der Waals surface area contributed by atoms with Gasteiger partial charge in [0.05, 0.1) is 6.04 Å². The molecule has 1 unspecified atom stereocenters. The number of halogens is 3. The molecule has 3 rings (SSSR count).